The Kier molecular flexibility index (Phi) is 6.08. The standard InChI is InChI=1S/C19H28O5/c1-11(2)15-7-6-12(3)8-17(15)24-18(20)10-22-19(21)16-9-13(4)23-14(16)5/h9,11-12,15,17H,6-8,10H2,1-5H3/t12-,15-,17-/m1/s1. The minimum Gasteiger partial charge on any atom is -0.466 e. The SMILES string of the molecule is Cc1cc(C(=O)OCC(=O)O[C@@H]2C[C@H](C)CC[C@@H]2C(C)C)c(C)o1. The van der Waals surface area contributed by atoms with E-state index < -0.39 is 11.9 Å². The summed E-state index contributed by atoms with van der Waals surface area (Å²) in [4.78, 5) is 24.1. The number of esters is 2. The van der Waals surface area contributed by atoms with Crippen molar-refractivity contribution in [2.24, 2.45) is 17.8 Å². The van der Waals surface area contributed by atoms with Crippen molar-refractivity contribution in [1.29, 1.82) is 0 Å². The summed E-state index contributed by atoms with van der Waals surface area (Å²) in [6.45, 7) is 9.59. The highest BCUT2D eigenvalue weighted by Crippen LogP contribution is 2.35. The molecule has 0 bridgehead atoms. The quantitative estimate of drug-likeness (QED) is 0.759. The highest BCUT2D eigenvalue weighted by atomic mass is 16.6. The Morgan fingerprint density at radius 2 is 2.00 bits per heavy atom. The monoisotopic (exact) mass is 336 g/mol. The third-order valence-corrected chi connectivity index (χ3v) is 4.83. The first-order valence-electron chi connectivity index (χ1n) is 8.71. The van der Waals surface area contributed by atoms with Gasteiger partial charge in [-0.05, 0) is 50.5 Å². The first-order chi connectivity index (χ1) is 11.3. The van der Waals surface area contributed by atoms with E-state index in [0.717, 1.165) is 12.8 Å². The molecule has 1 fully saturated rings. The highest BCUT2D eigenvalue weighted by Gasteiger charge is 2.33. The Bertz CT molecular complexity index is 587. The molecule has 5 nitrogen and oxygen atoms in total. The molecule has 3 atom stereocenters. The second-order valence-electron chi connectivity index (χ2n) is 7.26. The summed E-state index contributed by atoms with van der Waals surface area (Å²) in [5, 5.41) is 0. The minimum atomic E-state index is -0.557. The van der Waals surface area contributed by atoms with Crippen molar-refractivity contribution in [3.05, 3.63) is 23.2 Å². The van der Waals surface area contributed by atoms with E-state index in [4.69, 9.17) is 13.9 Å². The van der Waals surface area contributed by atoms with Gasteiger partial charge in [0, 0.05) is 0 Å². The van der Waals surface area contributed by atoms with Crippen molar-refractivity contribution in [3.8, 4) is 0 Å². The zero-order chi connectivity index (χ0) is 17.9. The molecule has 24 heavy (non-hydrogen) atoms. The van der Waals surface area contributed by atoms with Gasteiger partial charge in [-0.3, -0.25) is 0 Å². The number of hydrogen-bond acceptors (Lipinski definition) is 5. The average molecular weight is 336 g/mol. The molecule has 1 aliphatic rings. The van der Waals surface area contributed by atoms with E-state index in [1.54, 1.807) is 19.9 Å². The van der Waals surface area contributed by atoms with Crippen molar-refractivity contribution in [2.75, 3.05) is 6.61 Å². The summed E-state index contributed by atoms with van der Waals surface area (Å²) in [6, 6.07) is 1.61. The van der Waals surface area contributed by atoms with Crippen LogP contribution in [0.5, 0.6) is 0 Å². The van der Waals surface area contributed by atoms with Gasteiger partial charge < -0.3 is 13.9 Å². The summed E-state index contributed by atoms with van der Waals surface area (Å²) >= 11 is 0. The molecule has 1 aromatic rings. The van der Waals surface area contributed by atoms with Crippen LogP contribution in [-0.4, -0.2) is 24.6 Å². The molecule has 1 aromatic heterocycles. The van der Waals surface area contributed by atoms with Crippen LogP contribution in [0, 0.1) is 31.6 Å². The van der Waals surface area contributed by atoms with Crippen LogP contribution in [0.4, 0.5) is 0 Å². The van der Waals surface area contributed by atoms with Crippen LogP contribution in [-0.2, 0) is 14.3 Å². The maximum Gasteiger partial charge on any atom is 0.344 e. The number of furan rings is 1. The van der Waals surface area contributed by atoms with Gasteiger partial charge in [0.25, 0.3) is 0 Å². The molecular formula is C19H28O5. The zero-order valence-corrected chi connectivity index (χ0v) is 15.3. The molecule has 5 heteroatoms. The molecule has 0 N–H and O–H groups in total. The molecule has 0 saturated heterocycles. The Morgan fingerprint density at radius 3 is 2.58 bits per heavy atom. The summed E-state index contributed by atoms with van der Waals surface area (Å²) in [5.74, 6) is 1.49. The predicted molar refractivity (Wildman–Crippen MR) is 89.7 cm³/mol. The molecule has 0 radical (unpaired) electrons. The normalized spacial score (nSPS) is 24.0. The van der Waals surface area contributed by atoms with Crippen LogP contribution >= 0.6 is 0 Å². The summed E-state index contributed by atoms with van der Waals surface area (Å²) in [5.41, 5.74) is 0.353. The largest absolute Gasteiger partial charge is 0.466 e. The molecule has 1 aliphatic carbocycles. The lowest BCUT2D eigenvalue weighted by molar-refractivity contribution is -0.159. The maximum atomic E-state index is 12.1. The topological polar surface area (TPSA) is 65.7 Å². The Morgan fingerprint density at radius 1 is 1.29 bits per heavy atom. The molecule has 0 aliphatic heterocycles. The van der Waals surface area contributed by atoms with Gasteiger partial charge >= 0.3 is 11.9 Å². The van der Waals surface area contributed by atoms with Crippen molar-refractivity contribution < 1.29 is 23.5 Å². The summed E-state index contributed by atoms with van der Waals surface area (Å²) in [6.07, 6.45) is 3.04. The average Bonchev–Trinajstić information content (AvgIpc) is 2.83. The van der Waals surface area contributed by atoms with Gasteiger partial charge in [-0.1, -0.05) is 27.2 Å². The molecule has 0 amide bonds. The Hall–Kier alpha value is -1.78. The van der Waals surface area contributed by atoms with Crippen molar-refractivity contribution in [2.45, 2.75) is 60.0 Å². The first kappa shape index (κ1) is 18.6. The van der Waals surface area contributed by atoms with Crippen LogP contribution in [0.15, 0.2) is 10.5 Å². The highest BCUT2D eigenvalue weighted by molar-refractivity contribution is 5.91. The van der Waals surface area contributed by atoms with Gasteiger partial charge in [-0.15, -0.1) is 0 Å². The molecule has 134 valence electrons. The van der Waals surface area contributed by atoms with E-state index in [-0.39, 0.29) is 12.7 Å². The zero-order valence-electron chi connectivity index (χ0n) is 15.3. The second kappa shape index (κ2) is 7.86. The number of aryl methyl sites for hydroxylation is 2. The van der Waals surface area contributed by atoms with E-state index in [1.165, 1.54) is 6.42 Å². The van der Waals surface area contributed by atoms with Gasteiger partial charge in [-0.25, -0.2) is 9.59 Å². The van der Waals surface area contributed by atoms with E-state index >= 15 is 0 Å². The summed E-state index contributed by atoms with van der Waals surface area (Å²) < 4.78 is 16.0. The predicted octanol–water partition coefficient (Wildman–Crippen LogP) is 4.06. The lowest BCUT2D eigenvalue weighted by atomic mass is 9.75. The van der Waals surface area contributed by atoms with Gasteiger partial charge in [0.15, 0.2) is 6.61 Å². The van der Waals surface area contributed by atoms with Crippen molar-refractivity contribution in [1.82, 2.24) is 0 Å². The molecule has 2 rings (SSSR count). The molecular weight excluding hydrogens is 308 g/mol. The molecule has 1 heterocycles. The molecule has 0 spiro atoms. The van der Waals surface area contributed by atoms with Crippen LogP contribution < -0.4 is 0 Å². The third-order valence-electron chi connectivity index (χ3n) is 4.83. The number of carbonyl (C=O) groups excluding carboxylic acids is 2. The maximum absolute atomic E-state index is 12.1. The number of hydrogen-bond donors (Lipinski definition) is 0. The third kappa shape index (κ3) is 4.62. The van der Waals surface area contributed by atoms with Crippen LogP contribution in [0.25, 0.3) is 0 Å². The first-order valence-corrected chi connectivity index (χ1v) is 8.71. The van der Waals surface area contributed by atoms with Crippen molar-refractivity contribution >= 4 is 11.9 Å². The van der Waals surface area contributed by atoms with E-state index in [9.17, 15) is 9.59 Å². The Balaban J connectivity index is 1.88. The number of carbonyl (C=O) groups is 2. The van der Waals surface area contributed by atoms with Crippen LogP contribution in [0.3, 0.4) is 0 Å². The van der Waals surface area contributed by atoms with Gasteiger partial charge in [0.1, 0.15) is 23.2 Å². The fourth-order valence-electron chi connectivity index (χ4n) is 3.49. The molecule has 1 saturated carbocycles. The minimum absolute atomic E-state index is 0.0853. The molecule has 0 aromatic carbocycles. The lowest BCUT2D eigenvalue weighted by Crippen LogP contribution is -2.36. The fourth-order valence-corrected chi connectivity index (χ4v) is 3.49. The van der Waals surface area contributed by atoms with Gasteiger partial charge in [0.2, 0.25) is 0 Å². The summed E-state index contributed by atoms with van der Waals surface area (Å²) in [7, 11) is 0. The van der Waals surface area contributed by atoms with Gasteiger partial charge in [-0.2, -0.15) is 0 Å². The fraction of sp³-hybridized carbons (Fsp3) is 0.684. The lowest BCUT2D eigenvalue weighted by Gasteiger charge is -2.36. The van der Waals surface area contributed by atoms with Gasteiger partial charge in [0.05, 0.1) is 0 Å². The Labute approximate surface area is 143 Å². The number of rotatable bonds is 5. The van der Waals surface area contributed by atoms with E-state index in [0.29, 0.717) is 34.8 Å². The van der Waals surface area contributed by atoms with E-state index in [2.05, 4.69) is 20.8 Å². The van der Waals surface area contributed by atoms with Crippen LogP contribution in [0.2, 0.25) is 0 Å². The van der Waals surface area contributed by atoms with Crippen LogP contribution in [0.1, 0.15) is 61.9 Å². The second-order valence-corrected chi connectivity index (χ2v) is 7.26. The smallest absolute Gasteiger partial charge is 0.344 e. The van der Waals surface area contributed by atoms with E-state index in [1.807, 2.05) is 0 Å². The van der Waals surface area contributed by atoms with Crippen molar-refractivity contribution in [3.63, 3.8) is 0 Å². The number of ether oxygens (including phenoxy) is 2. The molecule has 0 unspecified atom stereocenters.